The summed E-state index contributed by atoms with van der Waals surface area (Å²) in [4.78, 5) is 10.3. The van der Waals surface area contributed by atoms with Crippen molar-refractivity contribution in [1.29, 1.82) is 0 Å². The van der Waals surface area contributed by atoms with Gasteiger partial charge in [0.1, 0.15) is 0 Å². The molecule has 4 heteroatoms. The number of rotatable bonds is 3. The molecule has 0 aromatic carbocycles. The highest BCUT2D eigenvalue weighted by atomic mass is 16.6. The highest BCUT2D eigenvalue weighted by molar-refractivity contribution is 5.81. The van der Waals surface area contributed by atoms with Crippen molar-refractivity contribution in [3.8, 4) is 0 Å². The van der Waals surface area contributed by atoms with Crippen LogP contribution in [0.15, 0.2) is 12.7 Å². The molecule has 4 nitrogen and oxygen atoms in total. The van der Waals surface area contributed by atoms with Gasteiger partial charge in [-0.2, -0.15) is 0 Å². The SMILES string of the molecule is C=CC(=O)OC(O)CC.CCO. The number of ether oxygens (including phenoxy) is 1. The fourth-order valence-electron chi connectivity index (χ4n) is 0.266. The van der Waals surface area contributed by atoms with E-state index in [0.717, 1.165) is 6.08 Å². The van der Waals surface area contributed by atoms with E-state index in [1.54, 1.807) is 13.8 Å². The molecule has 1 atom stereocenters. The van der Waals surface area contributed by atoms with Crippen molar-refractivity contribution in [2.75, 3.05) is 6.61 Å². The number of hydrogen-bond donors (Lipinski definition) is 2. The molecule has 0 aliphatic heterocycles. The van der Waals surface area contributed by atoms with Gasteiger partial charge in [-0.3, -0.25) is 0 Å². The molecule has 0 rings (SSSR count). The Morgan fingerprint density at radius 3 is 2.33 bits per heavy atom. The average Bonchev–Trinajstić information content (AvgIpc) is 2.05. The zero-order chi connectivity index (χ0) is 9.98. The minimum absolute atomic E-state index is 0.250. The molecule has 0 saturated carbocycles. The fourth-order valence-corrected chi connectivity index (χ4v) is 0.266. The van der Waals surface area contributed by atoms with Crippen LogP contribution in [0.5, 0.6) is 0 Å². The number of carbonyl (C=O) groups is 1. The second-order valence-corrected chi connectivity index (χ2v) is 1.82. The van der Waals surface area contributed by atoms with Crippen LogP contribution in [0.25, 0.3) is 0 Å². The number of aliphatic hydroxyl groups excluding tert-OH is 2. The van der Waals surface area contributed by atoms with E-state index in [-0.39, 0.29) is 6.61 Å². The van der Waals surface area contributed by atoms with Crippen molar-refractivity contribution in [2.24, 2.45) is 0 Å². The molecule has 0 aliphatic rings. The lowest BCUT2D eigenvalue weighted by Gasteiger charge is -2.05. The first-order valence-corrected chi connectivity index (χ1v) is 3.74. The Hall–Kier alpha value is -0.870. The zero-order valence-corrected chi connectivity index (χ0v) is 7.49. The third kappa shape index (κ3) is 11.9. The quantitative estimate of drug-likeness (QED) is 0.372. The van der Waals surface area contributed by atoms with E-state index >= 15 is 0 Å². The van der Waals surface area contributed by atoms with Gasteiger partial charge >= 0.3 is 5.97 Å². The molecule has 0 aliphatic carbocycles. The zero-order valence-electron chi connectivity index (χ0n) is 7.49. The third-order valence-corrected chi connectivity index (χ3v) is 0.768. The maximum atomic E-state index is 10.3. The normalized spacial score (nSPS) is 10.7. The topological polar surface area (TPSA) is 66.8 Å². The van der Waals surface area contributed by atoms with Crippen LogP contribution >= 0.6 is 0 Å². The number of aliphatic hydroxyl groups is 2. The summed E-state index contributed by atoms with van der Waals surface area (Å²) in [5, 5.41) is 16.2. The van der Waals surface area contributed by atoms with Crippen LogP contribution in [0, 0.1) is 0 Å². The van der Waals surface area contributed by atoms with Gasteiger partial charge in [-0.25, -0.2) is 4.79 Å². The number of hydrogen-bond acceptors (Lipinski definition) is 4. The van der Waals surface area contributed by atoms with Crippen LogP contribution in [0.1, 0.15) is 20.3 Å². The van der Waals surface area contributed by atoms with Gasteiger partial charge in [0.2, 0.25) is 6.29 Å². The van der Waals surface area contributed by atoms with Gasteiger partial charge in [0.25, 0.3) is 0 Å². The number of esters is 1. The molecule has 0 spiro atoms. The predicted octanol–water partition coefficient (Wildman–Crippen LogP) is 0.443. The van der Waals surface area contributed by atoms with Crippen LogP contribution in [0.2, 0.25) is 0 Å². The minimum atomic E-state index is -0.990. The molecule has 0 amide bonds. The summed E-state index contributed by atoms with van der Waals surface area (Å²) in [5.74, 6) is -0.593. The predicted molar refractivity (Wildman–Crippen MR) is 45.3 cm³/mol. The van der Waals surface area contributed by atoms with Gasteiger partial charge in [0.05, 0.1) is 0 Å². The Morgan fingerprint density at radius 1 is 1.67 bits per heavy atom. The molecule has 0 bridgehead atoms. The lowest BCUT2D eigenvalue weighted by molar-refractivity contribution is -0.161. The fraction of sp³-hybridized carbons (Fsp3) is 0.625. The molecule has 0 fully saturated rings. The van der Waals surface area contributed by atoms with Gasteiger partial charge in [0.15, 0.2) is 0 Å². The van der Waals surface area contributed by atoms with Crippen molar-refractivity contribution in [3.05, 3.63) is 12.7 Å². The van der Waals surface area contributed by atoms with Gasteiger partial charge in [-0.1, -0.05) is 13.5 Å². The lowest BCUT2D eigenvalue weighted by Crippen LogP contribution is -2.14. The Labute approximate surface area is 72.5 Å². The van der Waals surface area contributed by atoms with E-state index < -0.39 is 12.3 Å². The monoisotopic (exact) mass is 176 g/mol. The molecule has 1 unspecified atom stereocenters. The molecule has 0 saturated heterocycles. The molecule has 0 heterocycles. The summed E-state index contributed by atoms with van der Waals surface area (Å²) in [7, 11) is 0. The van der Waals surface area contributed by atoms with Crippen LogP contribution in [-0.2, 0) is 9.53 Å². The van der Waals surface area contributed by atoms with E-state index in [4.69, 9.17) is 10.2 Å². The van der Waals surface area contributed by atoms with Gasteiger partial charge < -0.3 is 14.9 Å². The summed E-state index contributed by atoms with van der Waals surface area (Å²) in [6, 6.07) is 0. The van der Waals surface area contributed by atoms with Gasteiger partial charge in [0, 0.05) is 19.1 Å². The lowest BCUT2D eigenvalue weighted by atomic mass is 10.5. The van der Waals surface area contributed by atoms with E-state index in [1.807, 2.05) is 0 Å². The van der Waals surface area contributed by atoms with Crippen molar-refractivity contribution < 1.29 is 19.7 Å². The Balaban J connectivity index is 0. The first-order chi connectivity index (χ1) is 5.62. The van der Waals surface area contributed by atoms with Gasteiger partial charge in [-0.15, -0.1) is 0 Å². The maximum Gasteiger partial charge on any atom is 0.332 e. The molecule has 0 aromatic heterocycles. The average molecular weight is 176 g/mol. The maximum absolute atomic E-state index is 10.3. The smallest absolute Gasteiger partial charge is 0.332 e. The molecular formula is C8H16O4. The van der Waals surface area contributed by atoms with Crippen molar-refractivity contribution in [1.82, 2.24) is 0 Å². The van der Waals surface area contributed by atoms with E-state index in [9.17, 15) is 4.79 Å². The summed E-state index contributed by atoms with van der Waals surface area (Å²) in [6.45, 7) is 6.80. The third-order valence-electron chi connectivity index (χ3n) is 0.768. The number of carbonyl (C=O) groups excluding carboxylic acids is 1. The first kappa shape index (κ1) is 13.7. The standard InChI is InChI=1S/C6H10O3.C2H6O/c1-3-5(7)9-6(8)4-2;1-2-3/h3,6,8H,1,4H2,2H3;3H,2H2,1H3. The highest BCUT2D eigenvalue weighted by Crippen LogP contribution is 1.92. The summed E-state index contributed by atoms with van der Waals surface area (Å²) < 4.78 is 4.35. The van der Waals surface area contributed by atoms with Crippen molar-refractivity contribution in [3.63, 3.8) is 0 Å². The van der Waals surface area contributed by atoms with Gasteiger partial charge in [-0.05, 0) is 6.92 Å². The molecule has 72 valence electrons. The Bertz CT molecular complexity index is 122. The molecular weight excluding hydrogens is 160 g/mol. The van der Waals surface area contributed by atoms with Crippen LogP contribution in [-0.4, -0.2) is 29.1 Å². The second-order valence-electron chi connectivity index (χ2n) is 1.82. The summed E-state index contributed by atoms with van der Waals surface area (Å²) in [6.07, 6.45) is 0.425. The van der Waals surface area contributed by atoms with Crippen molar-refractivity contribution >= 4 is 5.97 Å². The Morgan fingerprint density at radius 2 is 2.08 bits per heavy atom. The van der Waals surface area contributed by atoms with E-state index in [1.165, 1.54) is 0 Å². The molecule has 12 heavy (non-hydrogen) atoms. The molecule has 2 N–H and O–H groups in total. The van der Waals surface area contributed by atoms with Crippen LogP contribution in [0.3, 0.4) is 0 Å². The molecule has 0 aromatic rings. The van der Waals surface area contributed by atoms with Crippen molar-refractivity contribution in [2.45, 2.75) is 26.6 Å². The van der Waals surface area contributed by atoms with Crippen LogP contribution in [0.4, 0.5) is 0 Å². The first-order valence-electron chi connectivity index (χ1n) is 3.74. The largest absolute Gasteiger partial charge is 0.433 e. The van der Waals surface area contributed by atoms with Crippen LogP contribution < -0.4 is 0 Å². The van der Waals surface area contributed by atoms with E-state index in [0.29, 0.717) is 6.42 Å². The highest BCUT2D eigenvalue weighted by Gasteiger charge is 2.02. The Kier molecular flexibility index (Phi) is 11.6. The summed E-state index contributed by atoms with van der Waals surface area (Å²) >= 11 is 0. The minimum Gasteiger partial charge on any atom is -0.433 e. The second kappa shape index (κ2) is 10.1. The summed E-state index contributed by atoms with van der Waals surface area (Å²) in [5.41, 5.74) is 0. The van der Waals surface area contributed by atoms with E-state index in [2.05, 4.69) is 11.3 Å². The molecule has 0 radical (unpaired) electrons.